The van der Waals surface area contributed by atoms with Gasteiger partial charge in [0, 0.05) is 83.2 Å². The maximum Gasteiger partial charge on any atom is 0.255 e. The Morgan fingerprint density at radius 3 is 2.36 bits per heavy atom. The molecule has 4 unspecified atom stereocenters. The van der Waals surface area contributed by atoms with Gasteiger partial charge in [0.1, 0.15) is 30.0 Å². The number of para-hydroxylation sites is 1. The van der Waals surface area contributed by atoms with Crippen molar-refractivity contribution in [2.75, 3.05) is 30.3 Å². The molecule has 4 heterocycles. The van der Waals surface area contributed by atoms with Crippen LogP contribution in [0.4, 0.5) is 17.2 Å². The van der Waals surface area contributed by atoms with Crippen LogP contribution in [0.3, 0.4) is 0 Å². The van der Waals surface area contributed by atoms with Gasteiger partial charge in [-0.15, -0.1) is 11.3 Å². The van der Waals surface area contributed by atoms with Crippen molar-refractivity contribution in [1.29, 1.82) is 0 Å². The summed E-state index contributed by atoms with van der Waals surface area (Å²) in [5, 5.41) is 26.7. The Bertz CT molecular complexity index is 3150. The SMILES string of the molecule is CC(=O)NC(C(=O)N1CC(O)CC1C(=O)NC(C)c1ccc(-c2scnc2C)cc1OCCCCCNC(=O)c1ccc(C(=O)Nc2cccc(Nc3cc(-c4c[nH]c5ccccc45)ncn3)c2)cc1)C(C)(C)C. The van der Waals surface area contributed by atoms with Gasteiger partial charge in [-0.05, 0) is 98.7 Å². The average molecular weight is 1020 g/mol. The zero-order valence-corrected chi connectivity index (χ0v) is 43.1. The summed E-state index contributed by atoms with van der Waals surface area (Å²) in [5.41, 5.74) is 8.59. The third-order valence-corrected chi connectivity index (χ3v) is 13.8. The molecule has 74 heavy (non-hydrogen) atoms. The van der Waals surface area contributed by atoms with Crippen LogP contribution >= 0.6 is 11.3 Å². The number of thiazole rings is 1. The van der Waals surface area contributed by atoms with Gasteiger partial charge in [0.2, 0.25) is 17.7 Å². The number of β-amino-alcohol motifs (C(OH)–C–C–N with tert-alkyl or cyclic N) is 1. The Hall–Kier alpha value is -7.96. The van der Waals surface area contributed by atoms with Gasteiger partial charge in [0.25, 0.3) is 11.8 Å². The number of H-pyrrole nitrogens is 1. The number of fused-ring (bicyclic) bond motifs is 1. The standard InChI is InChI=1S/C56H62N10O7S/c1-33(62-54(71)47-27-41(68)30-66(47)55(72)51(56(4,5)6)63-35(3)67)42-22-21-38(50-34(2)61-32-74-50)25-48(42)73-24-11-7-10-23-57-52(69)36-17-19-37(20-18-36)53(70)65-40-14-12-13-39(26-40)64-49-28-46(59-31-60-49)44-29-58-45-16-9-8-15-43(44)45/h8-9,12-22,25-26,28-29,31-33,41,47,51,58,68H,7,10-11,23-24,27,30H2,1-6H3,(H,57,69)(H,62,71)(H,63,67)(H,65,70)(H,59,60,64). The summed E-state index contributed by atoms with van der Waals surface area (Å²) in [6.45, 7) is 11.4. The number of amides is 5. The van der Waals surface area contributed by atoms with E-state index >= 15 is 0 Å². The van der Waals surface area contributed by atoms with E-state index in [-0.39, 0.29) is 30.7 Å². The Morgan fingerprint density at radius 2 is 1.62 bits per heavy atom. The Labute approximate surface area is 434 Å². The lowest BCUT2D eigenvalue weighted by Crippen LogP contribution is -2.57. The molecule has 17 nitrogen and oxygen atoms in total. The summed E-state index contributed by atoms with van der Waals surface area (Å²) in [6.07, 6.45) is 4.77. The van der Waals surface area contributed by atoms with Gasteiger partial charge in [-0.3, -0.25) is 24.0 Å². The predicted octanol–water partition coefficient (Wildman–Crippen LogP) is 8.72. The van der Waals surface area contributed by atoms with E-state index in [1.54, 1.807) is 35.8 Å². The van der Waals surface area contributed by atoms with Crippen molar-refractivity contribution in [2.24, 2.45) is 5.41 Å². The fourth-order valence-electron chi connectivity index (χ4n) is 8.99. The van der Waals surface area contributed by atoms with Crippen LogP contribution < -0.4 is 31.3 Å². The molecule has 18 heteroatoms. The first-order chi connectivity index (χ1) is 35.5. The lowest BCUT2D eigenvalue weighted by molar-refractivity contribution is -0.144. The molecule has 0 radical (unpaired) electrons. The minimum Gasteiger partial charge on any atom is -0.493 e. The highest BCUT2D eigenvalue weighted by Crippen LogP contribution is 2.36. The van der Waals surface area contributed by atoms with E-state index in [0.717, 1.165) is 56.0 Å². The molecular weight excluding hydrogens is 957 g/mol. The number of likely N-dealkylation sites (tertiary alicyclic amines) is 1. The topological polar surface area (TPSA) is 233 Å². The van der Waals surface area contributed by atoms with Gasteiger partial charge in [0.05, 0.1) is 40.5 Å². The number of carbonyl (C=O) groups is 5. The first kappa shape index (κ1) is 52.4. The summed E-state index contributed by atoms with van der Waals surface area (Å²) in [7, 11) is 0. The van der Waals surface area contributed by atoms with Crippen molar-refractivity contribution >= 4 is 69.0 Å². The van der Waals surface area contributed by atoms with Crippen molar-refractivity contribution in [3.05, 3.63) is 137 Å². The number of ether oxygens (including phenoxy) is 1. The third kappa shape index (κ3) is 12.8. The van der Waals surface area contributed by atoms with Crippen LogP contribution in [0.25, 0.3) is 32.6 Å². The molecule has 384 valence electrons. The number of benzene rings is 4. The lowest BCUT2D eigenvalue weighted by atomic mass is 9.85. The molecule has 1 aliphatic rings. The van der Waals surface area contributed by atoms with Gasteiger partial charge in [0.15, 0.2) is 0 Å². The molecule has 8 rings (SSSR count). The lowest BCUT2D eigenvalue weighted by Gasteiger charge is -2.35. The second-order valence-corrected chi connectivity index (χ2v) is 20.4. The summed E-state index contributed by atoms with van der Waals surface area (Å²) >= 11 is 1.52. The van der Waals surface area contributed by atoms with Gasteiger partial charge in [-0.2, -0.15) is 0 Å². The van der Waals surface area contributed by atoms with E-state index in [9.17, 15) is 29.1 Å². The number of aromatic amines is 1. The van der Waals surface area contributed by atoms with E-state index in [1.165, 1.54) is 29.5 Å². The number of nitrogens with zero attached hydrogens (tertiary/aromatic N) is 4. The highest BCUT2D eigenvalue weighted by Gasteiger charge is 2.44. The van der Waals surface area contributed by atoms with Gasteiger partial charge in [-0.1, -0.05) is 57.2 Å². The fourth-order valence-corrected chi connectivity index (χ4v) is 9.80. The van der Waals surface area contributed by atoms with Gasteiger partial charge < -0.3 is 46.3 Å². The molecule has 0 spiro atoms. The first-order valence-corrected chi connectivity index (χ1v) is 25.6. The fraction of sp³-hybridized carbons (Fsp3) is 0.321. The minimum absolute atomic E-state index is 0.0228. The summed E-state index contributed by atoms with van der Waals surface area (Å²) in [5.74, 6) is -0.588. The van der Waals surface area contributed by atoms with Crippen molar-refractivity contribution in [3.63, 3.8) is 0 Å². The zero-order chi connectivity index (χ0) is 52.5. The summed E-state index contributed by atoms with van der Waals surface area (Å²) in [4.78, 5) is 85.0. The van der Waals surface area contributed by atoms with Crippen LogP contribution in [-0.4, -0.2) is 97.4 Å². The largest absolute Gasteiger partial charge is 0.493 e. The predicted molar refractivity (Wildman–Crippen MR) is 287 cm³/mol. The van der Waals surface area contributed by atoms with Crippen LogP contribution in [0.2, 0.25) is 0 Å². The van der Waals surface area contributed by atoms with Crippen molar-refractivity contribution < 1.29 is 33.8 Å². The number of aliphatic hydroxyl groups is 1. The van der Waals surface area contributed by atoms with Gasteiger partial charge in [-0.25, -0.2) is 15.0 Å². The number of aliphatic hydroxyl groups excluding tert-OH is 1. The Morgan fingerprint density at radius 1 is 0.865 bits per heavy atom. The van der Waals surface area contributed by atoms with Crippen LogP contribution in [0.15, 0.2) is 115 Å². The molecule has 4 aromatic carbocycles. The van der Waals surface area contributed by atoms with E-state index in [2.05, 4.69) is 46.5 Å². The van der Waals surface area contributed by atoms with Crippen LogP contribution in [0.5, 0.6) is 5.75 Å². The number of carbonyl (C=O) groups excluding carboxylic acids is 5. The molecule has 3 aromatic heterocycles. The van der Waals surface area contributed by atoms with Crippen molar-refractivity contribution in [1.82, 2.24) is 40.8 Å². The summed E-state index contributed by atoms with van der Waals surface area (Å²) < 4.78 is 6.41. The molecule has 5 amide bonds. The number of unbranched alkanes of at least 4 members (excludes halogenated alkanes) is 2. The highest BCUT2D eigenvalue weighted by molar-refractivity contribution is 7.13. The number of aryl methyl sites for hydroxylation is 1. The van der Waals surface area contributed by atoms with E-state index in [4.69, 9.17) is 4.74 Å². The number of nitrogens with one attached hydrogen (secondary N) is 6. The van der Waals surface area contributed by atoms with Crippen molar-refractivity contribution in [3.8, 4) is 27.4 Å². The molecule has 0 bridgehead atoms. The molecule has 1 fully saturated rings. The smallest absolute Gasteiger partial charge is 0.255 e. The summed E-state index contributed by atoms with van der Waals surface area (Å²) in [6, 6.07) is 27.2. The molecule has 1 aliphatic heterocycles. The van der Waals surface area contributed by atoms with Crippen LogP contribution in [0, 0.1) is 12.3 Å². The van der Waals surface area contributed by atoms with Crippen molar-refractivity contribution in [2.45, 2.75) is 91.5 Å². The Balaban J connectivity index is 0.807. The van der Waals surface area contributed by atoms with Crippen LogP contribution in [0.1, 0.15) is 98.3 Å². The second kappa shape index (κ2) is 23.3. The molecule has 4 atom stereocenters. The molecule has 7 N–H and O–H groups in total. The molecule has 1 saturated heterocycles. The first-order valence-electron chi connectivity index (χ1n) is 24.7. The molecule has 7 aromatic rings. The number of hydrogen-bond acceptors (Lipinski definition) is 12. The van der Waals surface area contributed by atoms with E-state index < -0.39 is 41.5 Å². The maximum absolute atomic E-state index is 13.9. The van der Waals surface area contributed by atoms with Gasteiger partial charge >= 0.3 is 0 Å². The second-order valence-electron chi connectivity index (χ2n) is 19.6. The number of rotatable bonds is 19. The van der Waals surface area contributed by atoms with E-state index in [1.807, 2.05) is 108 Å². The number of hydrogen-bond donors (Lipinski definition) is 7. The minimum atomic E-state index is -0.933. The highest BCUT2D eigenvalue weighted by atomic mass is 32.1. The number of aromatic nitrogens is 4. The molecule has 0 aliphatic carbocycles. The normalized spacial score (nSPS) is 15.3. The molecular formula is C56H62N10O7S. The maximum atomic E-state index is 13.9. The quantitative estimate of drug-likeness (QED) is 0.0379. The Kier molecular flexibility index (Phi) is 16.5. The monoisotopic (exact) mass is 1020 g/mol. The molecule has 0 saturated carbocycles. The number of anilines is 3. The van der Waals surface area contributed by atoms with E-state index in [0.29, 0.717) is 54.4 Å². The third-order valence-electron chi connectivity index (χ3n) is 12.9. The van der Waals surface area contributed by atoms with Crippen LogP contribution in [-0.2, 0) is 14.4 Å². The zero-order valence-electron chi connectivity index (χ0n) is 42.3. The average Bonchev–Trinajstić information content (AvgIpc) is 4.13.